The van der Waals surface area contributed by atoms with Gasteiger partial charge in [-0.1, -0.05) is 43.2 Å². The number of fused-ring (bicyclic) bond motifs is 3. The standard InChI is InChI=1S/C23H24N2O5/c1-14(22(27)25-23(28)24-17-7-3-4-8-17)30-20(26)12-16-13-29-19-11-10-15-6-2-5-9-18(15)21(16)19/h2,5-6,9-11,13-14,17H,3-4,7-8,12H2,1H3,(H2,24,25,27,28)/t14-/m0/s1. The van der Waals surface area contributed by atoms with E-state index >= 15 is 0 Å². The molecule has 30 heavy (non-hydrogen) atoms. The van der Waals surface area contributed by atoms with E-state index in [0.717, 1.165) is 41.8 Å². The number of carbonyl (C=O) groups is 3. The van der Waals surface area contributed by atoms with Crippen molar-refractivity contribution in [3.05, 3.63) is 48.2 Å². The number of nitrogens with one attached hydrogen (secondary N) is 2. The molecule has 1 aliphatic rings. The lowest BCUT2D eigenvalue weighted by molar-refractivity contribution is -0.153. The van der Waals surface area contributed by atoms with Gasteiger partial charge in [-0.3, -0.25) is 14.9 Å². The lowest BCUT2D eigenvalue weighted by atomic mass is 10.0. The number of esters is 1. The van der Waals surface area contributed by atoms with Crippen molar-refractivity contribution in [3.63, 3.8) is 0 Å². The Morgan fingerprint density at radius 1 is 1.13 bits per heavy atom. The molecule has 0 saturated heterocycles. The van der Waals surface area contributed by atoms with Gasteiger partial charge in [0.2, 0.25) is 0 Å². The van der Waals surface area contributed by atoms with Gasteiger partial charge in [-0.05, 0) is 36.6 Å². The molecule has 2 aromatic carbocycles. The van der Waals surface area contributed by atoms with E-state index in [1.807, 2.05) is 36.4 Å². The van der Waals surface area contributed by atoms with Crippen molar-refractivity contribution in [2.24, 2.45) is 0 Å². The van der Waals surface area contributed by atoms with Gasteiger partial charge in [0, 0.05) is 17.0 Å². The first-order chi connectivity index (χ1) is 14.5. The second kappa shape index (κ2) is 8.57. The van der Waals surface area contributed by atoms with E-state index in [2.05, 4.69) is 10.6 Å². The average molecular weight is 408 g/mol. The predicted octanol–water partition coefficient (Wildman–Crippen LogP) is 3.83. The minimum absolute atomic E-state index is 0.0348. The molecule has 156 valence electrons. The summed E-state index contributed by atoms with van der Waals surface area (Å²) in [7, 11) is 0. The van der Waals surface area contributed by atoms with Crippen LogP contribution in [0.25, 0.3) is 21.7 Å². The van der Waals surface area contributed by atoms with Gasteiger partial charge in [-0.15, -0.1) is 0 Å². The summed E-state index contributed by atoms with van der Waals surface area (Å²) < 4.78 is 10.8. The molecule has 2 N–H and O–H groups in total. The zero-order valence-corrected chi connectivity index (χ0v) is 16.8. The number of hydrogen-bond donors (Lipinski definition) is 2. The molecule has 3 aromatic rings. The second-order valence-electron chi connectivity index (χ2n) is 7.67. The largest absolute Gasteiger partial charge is 0.464 e. The molecule has 0 unspecified atom stereocenters. The highest BCUT2D eigenvalue weighted by atomic mass is 16.5. The van der Waals surface area contributed by atoms with Crippen LogP contribution in [-0.2, 0) is 20.7 Å². The van der Waals surface area contributed by atoms with Crippen LogP contribution in [0.1, 0.15) is 38.2 Å². The topological polar surface area (TPSA) is 97.6 Å². The van der Waals surface area contributed by atoms with Gasteiger partial charge in [0.15, 0.2) is 6.10 Å². The molecule has 1 heterocycles. The zero-order valence-electron chi connectivity index (χ0n) is 16.8. The van der Waals surface area contributed by atoms with Crippen molar-refractivity contribution in [3.8, 4) is 0 Å². The highest BCUT2D eigenvalue weighted by molar-refractivity contribution is 6.08. The maximum Gasteiger partial charge on any atom is 0.321 e. The van der Waals surface area contributed by atoms with E-state index in [4.69, 9.17) is 9.15 Å². The van der Waals surface area contributed by atoms with Crippen LogP contribution in [0, 0.1) is 0 Å². The molecule has 0 spiro atoms. The Labute approximate surface area is 173 Å². The number of ether oxygens (including phenoxy) is 1. The number of imide groups is 1. The van der Waals surface area contributed by atoms with Crippen LogP contribution in [-0.4, -0.2) is 30.1 Å². The van der Waals surface area contributed by atoms with Gasteiger partial charge in [-0.25, -0.2) is 4.79 Å². The molecule has 1 aliphatic carbocycles. The fourth-order valence-corrected chi connectivity index (χ4v) is 3.96. The van der Waals surface area contributed by atoms with E-state index in [9.17, 15) is 14.4 Å². The molecule has 0 aliphatic heterocycles. The highest BCUT2D eigenvalue weighted by Gasteiger charge is 2.23. The average Bonchev–Trinajstić information content (AvgIpc) is 3.37. The van der Waals surface area contributed by atoms with Crippen molar-refractivity contribution in [1.82, 2.24) is 10.6 Å². The van der Waals surface area contributed by atoms with Crippen LogP contribution in [0.3, 0.4) is 0 Å². The molecular formula is C23H24N2O5. The Morgan fingerprint density at radius 2 is 1.90 bits per heavy atom. The summed E-state index contributed by atoms with van der Waals surface area (Å²) in [5, 5.41) is 7.90. The maximum atomic E-state index is 12.4. The zero-order chi connectivity index (χ0) is 21.1. The normalized spacial score (nSPS) is 15.2. The third kappa shape index (κ3) is 4.30. The van der Waals surface area contributed by atoms with Crippen LogP contribution < -0.4 is 10.6 Å². The lowest BCUT2D eigenvalue weighted by Crippen LogP contribution is -2.47. The second-order valence-corrected chi connectivity index (χ2v) is 7.67. The van der Waals surface area contributed by atoms with Gasteiger partial charge < -0.3 is 14.5 Å². The summed E-state index contributed by atoms with van der Waals surface area (Å²) in [5.41, 5.74) is 1.38. The van der Waals surface area contributed by atoms with Gasteiger partial charge in [0.1, 0.15) is 5.58 Å². The minimum atomic E-state index is -1.08. The fraction of sp³-hybridized carbons (Fsp3) is 0.348. The fourth-order valence-electron chi connectivity index (χ4n) is 3.96. The van der Waals surface area contributed by atoms with Crippen molar-refractivity contribution >= 4 is 39.6 Å². The van der Waals surface area contributed by atoms with Crippen LogP contribution in [0.5, 0.6) is 0 Å². The summed E-state index contributed by atoms with van der Waals surface area (Å²) in [6, 6.07) is 11.2. The number of benzene rings is 2. The molecule has 7 nitrogen and oxygen atoms in total. The van der Waals surface area contributed by atoms with Crippen molar-refractivity contribution in [2.45, 2.75) is 51.2 Å². The van der Waals surface area contributed by atoms with E-state index < -0.39 is 24.0 Å². The first-order valence-electron chi connectivity index (χ1n) is 10.2. The summed E-state index contributed by atoms with van der Waals surface area (Å²) in [6.45, 7) is 1.44. The van der Waals surface area contributed by atoms with Gasteiger partial charge in [-0.2, -0.15) is 0 Å². The number of rotatable bonds is 5. The molecule has 4 rings (SSSR count). The predicted molar refractivity (Wildman–Crippen MR) is 112 cm³/mol. The van der Waals surface area contributed by atoms with E-state index in [1.165, 1.54) is 13.2 Å². The highest BCUT2D eigenvalue weighted by Crippen LogP contribution is 2.30. The number of carbonyl (C=O) groups excluding carboxylic acids is 3. The maximum absolute atomic E-state index is 12.4. The third-order valence-electron chi connectivity index (χ3n) is 5.48. The van der Waals surface area contributed by atoms with Crippen LogP contribution in [0.2, 0.25) is 0 Å². The quantitative estimate of drug-likeness (QED) is 0.626. The smallest absolute Gasteiger partial charge is 0.321 e. The molecule has 7 heteroatoms. The summed E-state index contributed by atoms with van der Waals surface area (Å²) in [5.74, 6) is -1.22. The molecule has 1 atom stereocenters. The van der Waals surface area contributed by atoms with Crippen LogP contribution >= 0.6 is 0 Å². The Bertz CT molecular complexity index is 1100. The van der Waals surface area contributed by atoms with Gasteiger partial charge >= 0.3 is 12.0 Å². The van der Waals surface area contributed by atoms with Crippen molar-refractivity contribution < 1.29 is 23.5 Å². The van der Waals surface area contributed by atoms with Gasteiger partial charge in [0.05, 0.1) is 12.7 Å². The Hall–Kier alpha value is -3.35. The summed E-state index contributed by atoms with van der Waals surface area (Å²) in [4.78, 5) is 36.5. The Morgan fingerprint density at radius 3 is 2.70 bits per heavy atom. The number of amides is 3. The van der Waals surface area contributed by atoms with E-state index in [1.54, 1.807) is 0 Å². The lowest BCUT2D eigenvalue weighted by Gasteiger charge is -2.15. The summed E-state index contributed by atoms with van der Waals surface area (Å²) in [6.07, 6.45) is 4.40. The van der Waals surface area contributed by atoms with E-state index in [-0.39, 0.29) is 12.5 Å². The Balaban J connectivity index is 1.37. The molecule has 1 aromatic heterocycles. The van der Waals surface area contributed by atoms with Gasteiger partial charge in [0.25, 0.3) is 5.91 Å². The number of urea groups is 1. The molecule has 3 amide bonds. The first-order valence-corrected chi connectivity index (χ1v) is 10.2. The number of hydrogen-bond acceptors (Lipinski definition) is 5. The monoisotopic (exact) mass is 408 g/mol. The van der Waals surface area contributed by atoms with Crippen molar-refractivity contribution in [2.75, 3.05) is 0 Å². The minimum Gasteiger partial charge on any atom is -0.464 e. The Kier molecular flexibility index (Phi) is 5.70. The molecule has 0 bridgehead atoms. The summed E-state index contributed by atoms with van der Waals surface area (Å²) >= 11 is 0. The molecular weight excluding hydrogens is 384 g/mol. The SMILES string of the molecule is C[C@H](OC(=O)Cc1coc2ccc3ccccc3c12)C(=O)NC(=O)NC1CCCC1. The molecule has 0 radical (unpaired) electrons. The van der Waals surface area contributed by atoms with Crippen LogP contribution in [0.4, 0.5) is 4.79 Å². The third-order valence-corrected chi connectivity index (χ3v) is 5.48. The number of furan rings is 1. The van der Waals surface area contributed by atoms with Crippen LogP contribution in [0.15, 0.2) is 47.1 Å². The molecule has 1 saturated carbocycles. The van der Waals surface area contributed by atoms with Crippen molar-refractivity contribution in [1.29, 1.82) is 0 Å². The first kappa shape index (κ1) is 19.9. The molecule has 1 fully saturated rings. The van der Waals surface area contributed by atoms with E-state index in [0.29, 0.717) is 11.1 Å².